The van der Waals surface area contributed by atoms with Crippen LogP contribution in [0.5, 0.6) is 11.5 Å². The number of aryl methyl sites for hydroxylation is 1. The Morgan fingerprint density at radius 1 is 1.10 bits per heavy atom. The molecular formula is C22H26N4O4S. The number of hydrogen-bond donors (Lipinski definition) is 1. The van der Waals surface area contributed by atoms with E-state index in [4.69, 9.17) is 9.47 Å². The molecule has 31 heavy (non-hydrogen) atoms. The van der Waals surface area contributed by atoms with E-state index >= 15 is 0 Å². The number of nitrogens with zero attached hydrogens (tertiary/aromatic N) is 3. The van der Waals surface area contributed by atoms with Crippen LogP contribution in [0, 0.1) is 0 Å². The van der Waals surface area contributed by atoms with Crippen LogP contribution in [0.15, 0.2) is 58.5 Å². The molecule has 8 nitrogen and oxygen atoms in total. The smallest absolute Gasteiger partial charge is 0.343 e. The van der Waals surface area contributed by atoms with Crippen LogP contribution in [0.2, 0.25) is 0 Å². The molecule has 0 saturated carbocycles. The molecule has 0 fully saturated rings. The van der Waals surface area contributed by atoms with Crippen molar-refractivity contribution in [1.82, 2.24) is 19.7 Å². The first-order chi connectivity index (χ1) is 15.0. The molecule has 9 heteroatoms. The Bertz CT molecular complexity index is 1060. The Labute approximate surface area is 185 Å². The van der Waals surface area contributed by atoms with Gasteiger partial charge in [-0.2, -0.15) is 0 Å². The summed E-state index contributed by atoms with van der Waals surface area (Å²) in [5, 5.41) is 7.06. The maximum atomic E-state index is 12.6. The second-order valence-corrected chi connectivity index (χ2v) is 7.87. The van der Waals surface area contributed by atoms with Gasteiger partial charge in [0.25, 0.3) is 0 Å². The Morgan fingerprint density at radius 2 is 1.84 bits per heavy atom. The van der Waals surface area contributed by atoms with Crippen molar-refractivity contribution >= 4 is 17.7 Å². The molecule has 0 aliphatic heterocycles. The molecule has 0 atom stereocenters. The number of H-pyrrole nitrogens is 1. The summed E-state index contributed by atoms with van der Waals surface area (Å²) < 4.78 is 12.1. The van der Waals surface area contributed by atoms with Gasteiger partial charge in [-0.1, -0.05) is 48.2 Å². The number of methoxy groups -OCH3 is 2. The maximum absolute atomic E-state index is 12.6. The molecule has 0 spiro atoms. The molecule has 0 aliphatic carbocycles. The van der Waals surface area contributed by atoms with Crippen molar-refractivity contribution in [2.45, 2.75) is 24.7 Å². The zero-order valence-electron chi connectivity index (χ0n) is 17.8. The number of benzene rings is 2. The third-order valence-electron chi connectivity index (χ3n) is 4.81. The van der Waals surface area contributed by atoms with Gasteiger partial charge in [0.05, 0.1) is 20.0 Å². The molecule has 1 N–H and O–H groups in total. The normalized spacial score (nSPS) is 10.7. The van der Waals surface area contributed by atoms with Gasteiger partial charge < -0.3 is 14.4 Å². The van der Waals surface area contributed by atoms with Crippen molar-refractivity contribution < 1.29 is 14.3 Å². The summed E-state index contributed by atoms with van der Waals surface area (Å²) in [6, 6.07) is 15.5. The molecule has 0 radical (unpaired) electrons. The van der Waals surface area contributed by atoms with Gasteiger partial charge in [0.1, 0.15) is 0 Å². The molecule has 0 unspecified atom stereocenters. The fraction of sp³-hybridized carbons (Fsp3) is 0.318. The number of carbonyl (C=O) groups is 1. The van der Waals surface area contributed by atoms with Crippen molar-refractivity contribution in [3.8, 4) is 11.5 Å². The molecule has 0 saturated heterocycles. The predicted octanol–water partition coefficient (Wildman–Crippen LogP) is 2.58. The minimum Gasteiger partial charge on any atom is -0.493 e. The van der Waals surface area contributed by atoms with Gasteiger partial charge in [0.2, 0.25) is 5.91 Å². The largest absolute Gasteiger partial charge is 0.493 e. The van der Waals surface area contributed by atoms with Gasteiger partial charge >= 0.3 is 5.69 Å². The number of thioether (sulfide) groups is 1. The van der Waals surface area contributed by atoms with Crippen LogP contribution in [0.4, 0.5) is 0 Å². The van der Waals surface area contributed by atoms with E-state index < -0.39 is 0 Å². The van der Waals surface area contributed by atoms with Gasteiger partial charge in [0.15, 0.2) is 16.7 Å². The standard InChI is InChI=1S/C22H26N4O4S/c1-25(14-17-9-10-18(29-2)19(13-17)30-3)20(27)15-31-22-24-23-21(28)26(22)12-11-16-7-5-4-6-8-16/h4-10,13H,11-12,14-15H2,1-3H3,(H,23,28). The highest BCUT2D eigenvalue weighted by Crippen LogP contribution is 2.28. The Kier molecular flexibility index (Phi) is 7.77. The number of hydrogen-bond acceptors (Lipinski definition) is 6. The number of rotatable bonds is 10. The number of aromatic nitrogens is 3. The lowest BCUT2D eigenvalue weighted by molar-refractivity contribution is -0.127. The van der Waals surface area contributed by atoms with Gasteiger partial charge in [-0.3, -0.25) is 9.36 Å². The van der Waals surface area contributed by atoms with Crippen LogP contribution in [0.25, 0.3) is 0 Å². The highest BCUT2D eigenvalue weighted by atomic mass is 32.2. The van der Waals surface area contributed by atoms with Gasteiger partial charge in [-0.25, -0.2) is 9.89 Å². The average molecular weight is 443 g/mol. The Balaban J connectivity index is 1.57. The monoisotopic (exact) mass is 442 g/mol. The molecule has 164 valence electrons. The molecule has 0 bridgehead atoms. The molecule has 0 aliphatic rings. The van der Waals surface area contributed by atoms with E-state index in [-0.39, 0.29) is 17.3 Å². The number of ether oxygens (including phenoxy) is 2. The zero-order chi connectivity index (χ0) is 22.2. The van der Waals surface area contributed by atoms with Gasteiger partial charge in [-0.05, 0) is 29.7 Å². The molecular weight excluding hydrogens is 416 g/mol. The van der Waals surface area contributed by atoms with Crippen LogP contribution in [0.3, 0.4) is 0 Å². The molecule has 3 rings (SSSR count). The topological polar surface area (TPSA) is 89.5 Å². The summed E-state index contributed by atoms with van der Waals surface area (Å²) in [7, 11) is 4.90. The van der Waals surface area contributed by atoms with Crippen LogP contribution in [0.1, 0.15) is 11.1 Å². The minimum absolute atomic E-state index is 0.0650. The van der Waals surface area contributed by atoms with Crippen LogP contribution < -0.4 is 15.2 Å². The zero-order valence-corrected chi connectivity index (χ0v) is 18.6. The lowest BCUT2D eigenvalue weighted by atomic mass is 10.1. The van der Waals surface area contributed by atoms with Crippen molar-refractivity contribution in [1.29, 1.82) is 0 Å². The van der Waals surface area contributed by atoms with E-state index in [2.05, 4.69) is 10.2 Å². The van der Waals surface area contributed by atoms with E-state index in [1.165, 1.54) is 11.8 Å². The van der Waals surface area contributed by atoms with Crippen LogP contribution in [-0.2, 0) is 24.3 Å². The number of carbonyl (C=O) groups excluding carboxylic acids is 1. The second kappa shape index (κ2) is 10.7. The molecule has 1 amide bonds. The first kappa shape index (κ1) is 22.5. The summed E-state index contributed by atoms with van der Waals surface area (Å²) in [4.78, 5) is 26.4. The van der Waals surface area contributed by atoms with Crippen molar-refractivity contribution in [2.24, 2.45) is 0 Å². The predicted molar refractivity (Wildman–Crippen MR) is 120 cm³/mol. The number of nitrogens with one attached hydrogen (secondary N) is 1. The first-order valence-corrected chi connectivity index (χ1v) is 10.8. The molecule has 1 heterocycles. The van der Waals surface area contributed by atoms with E-state index in [0.29, 0.717) is 36.2 Å². The van der Waals surface area contributed by atoms with Crippen molar-refractivity contribution in [3.05, 3.63) is 70.1 Å². The number of aromatic amines is 1. The first-order valence-electron chi connectivity index (χ1n) is 9.78. The SMILES string of the molecule is COc1ccc(CN(C)C(=O)CSc2n[nH]c(=O)n2CCc2ccccc2)cc1OC. The van der Waals surface area contributed by atoms with Gasteiger partial charge in [0, 0.05) is 20.1 Å². The van der Waals surface area contributed by atoms with Crippen LogP contribution in [-0.4, -0.2) is 52.6 Å². The van der Waals surface area contributed by atoms with Crippen molar-refractivity contribution in [2.75, 3.05) is 27.0 Å². The lowest BCUT2D eigenvalue weighted by Crippen LogP contribution is -2.28. The van der Waals surface area contributed by atoms with E-state index in [1.807, 2.05) is 48.5 Å². The summed E-state index contributed by atoms with van der Waals surface area (Å²) in [6.45, 7) is 0.929. The van der Waals surface area contributed by atoms with Gasteiger partial charge in [-0.15, -0.1) is 5.10 Å². The summed E-state index contributed by atoms with van der Waals surface area (Å²) in [6.07, 6.45) is 0.709. The quantitative estimate of drug-likeness (QED) is 0.486. The third kappa shape index (κ3) is 5.91. The summed E-state index contributed by atoms with van der Waals surface area (Å²) in [5.41, 5.74) is 1.79. The number of amides is 1. The highest BCUT2D eigenvalue weighted by molar-refractivity contribution is 7.99. The van der Waals surface area contributed by atoms with Crippen molar-refractivity contribution in [3.63, 3.8) is 0 Å². The van der Waals surface area contributed by atoms with E-state index in [0.717, 1.165) is 11.1 Å². The maximum Gasteiger partial charge on any atom is 0.343 e. The molecule has 2 aromatic carbocycles. The fourth-order valence-corrected chi connectivity index (χ4v) is 3.99. The molecule has 3 aromatic rings. The Hall–Kier alpha value is -3.20. The second-order valence-electron chi connectivity index (χ2n) is 6.93. The average Bonchev–Trinajstić information content (AvgIpc) is 3.15. The third-order valence-corrected chi connectivity index (χ3v) is 5.77. The van der Waals surface area contributed by atoms with E-state index in [9.17, 15) is 9.59 Å². The summed E-state index contributed by atoms with van der Waals surface area (Å²) >= 11 is 1.25. The fourth-order valence-electron chi connectivity index (χ4n) is 3.07. The summed E-state index contributed by atoms with van der Waals surface area (Å²) in [5.74, 6) is 1.38. The lowest BCUT2D eigenvalue weighted by Gasteiger charge is -2.18. The molecule has 1 aromatic heterocycles. The van der Waals surface area contributed by atoms with E-state index in [1.54, 1.807) is 30.7 Å². The van der Waals surface area contributed by atoms with Crippen LogP contribution >= 0.6 is 11.8 Å². The highest BCUT2D eigenvalue weighted by Gasteiger charge is 2.15. The minimum atomic E-state index is -0.274. The Morgan fingerprint density at radius 3 is 2.55 bits per heavy atom.